The summed E-state index contributed by atoms with van der Waals surface area (Å²) < 4.78 is 0. The van der Waals surface area contributed by atoms with Gasteiger partial charge in [0.2, 0.25) is 5.91 Å². The van der Waals surface area contributed by atoms with E-state index >= 15 is 0 Å². The third-order valence-corrected chi connectivity index (χ3v) is 4.21. The minimum Gasteiger partial charge on any atom is -0.325 e. The van der Waals surface area contributed by atoms with Crippen LogP contribution in [0.15, 0.2) is 24.3 Å². The minimum absolute atomic E-state index is 0.0486. The fourth-order valence-corrected chi connectivity index (χ4v) is 2.74. The van der Waals surface area contributed by atoms with Crippen LogP contribution < -0.4 is 10.6 Å². The zero-order valence-electron chi connectivity index (χ0n) is 12.8. The monoisotopic (exact) mass is 274 g/mol. The van der Waals surface area contributed by atoms with E-state index in [2.05, 4.69) is 17.6 Å². The molecule has 0 radical (unpaired) electrons. The lowest BCUT2D eigenvalue weighted by molar-refractivity contribution is -0.118. The van der Waals surface area contributed by atoms with Crippen LogP contribution >= 0.6 is 0 Å². The third kappa shape index (κ3) is 4.34. The van der Waals surface area contributed by atoms with Crippen LogP contribution in [0.5, 0.6) is 0 Å². The number of nitrogens with one attached hydrogen (secondary N) is 2. The van der Waals surface area contributed by atoms with Crippen molar-refractivity contribution in [3.05, 3.63) is 29.8 Å². The highest BCUT2D eigenvalue weighted by Gasteiger charge is 2.22. The Kier molecular flexibility index (Phi) is 5.18. The average Bonchev–Trinajstić information content (AvgIpc) is 2.44. The number of benzene rings is 1. The zero-order chi connectivity index (χ0) is 14.5. The summed E-state index contributed by atoms with van der Waals surface area (Å²) in [6.45, 7) is 6.30. The van der Waals surface area contributed by atoms with Gasteiger partial charge in [-0.3, -0.25) is 4.79 Å². The quantitative estimate of drug-likeness (QED) is 0.882. The SMILES string of the molecule is Cc1ccc(NC(=O)C(C)NC2CCC(C)CC2)cc1. The fraction of sp³-hybridized carbons (Fsp3) is 0.588. The number of amides is 1. The summed E-state index contributed by atoms with van der Waals surface area (Å²) in [6, 6.07) is 8.26. The van der Waals surface area contributed by atoms with E-state index in [0.717, 1.165) is 11.6 Å². The van der Waals surface area contributed by atoms with Gasteiger partial charge in [-0.2, -0.15) is 0 Å². The molecule has 2 N–H and O–H groups in total. The Morgan fingerprint density at radius 3 is 2.35 bits per heavy atom. The van der Waals surface area contributed by atoms with Gasteiger partial charge in [0.25, 0.3) is 0 Å². The molecule has 1 unspecified atom stereocenters. The number of hydrogen-bond acceptors (Lipinski definition) is 2. The maximum atomic E-state index is 12.2. The van der Waals surface area contributed by atoms with Gasteiger partial charge in [0.1, 0.15) is 0 Å². The molecule has 1 atom stereocenters. The summed E-state index contributed by atoms with van der Waals surface area (Å²) in [6.07, 6.45) is 4.90. The number of anilines is 1. The summed E-state index contributed by atoms with van der Waals surface area (Å²) in [7, 11) is 0. The van der Waals surface area contributed by atoms with Crippen molar-refractivity contribution < 1.29 is 4.79 Å². The van der Waals surface area contributed by atoms with Gasteiger partial charge in [0.15, 0.2) is 0 Å². The predicted molar refractivity (Wildman–Crippen MR) is 83.8 cm³/mol. The Bertz CT molecular complexity index is 433. The molecular formula is C17H26N2O. The molecule has 0 spiro atoms. The molecule has 1 saturated carbocycles. The van der Waals surface area contributed by atoms with Crippen LogP contribution in [-0.4, -0.2) is 18.0 Å². The highest BCUT2D eigenvalue weighted by Crippen LogP contribution is 2.23. The van der Waals surface area contributed by atoms with Gasteiger partial charge in [-0.15, -0.1) is 0 Å². The fourth-order valence-electron chi connectivity index (χ4n) is 2.74. The van der Waals surface area contributed by atoms with E-state index in [1.165, 1.54) is 31.2 Å². The molecule has 110 valence electrons. The van der Waals surface area contributed by atoms with Crippen LogP contribution in [0.4, 0.5) is 5.69 Å². The van der Waals surface area contributed by atoms with Crippen molar-refractivity contribution in [2.75, 3.05) is 5.32 Å². The Hall–Kier alpha value is -1.35. The lowest BCUT2D eigenvalue weighted by Gasteiger charge is -2.29. The van der Waals surface area contributed by atoms with Crippen LogP contribution in [0.2, 0.25) is 0 Å². The smallest absolute Gasteiger partial charge is 0.241 e. The van der Waals surface area contributed by atoms with Crippen molar-refractivity contribution in [1.29, 1.82) is 0 Å². The van der Waals surface area contributed by atoms with E-state index < -0.39 is 0 Å². The topological polar surface area (TPSA) is 41.1 Å². The first-order chi connectivity index (χ1) is 9.54. The van der Waals surface area contributed by atoms with E-state index in [0.29, 0.717) is 6.04 Å². The second-order valence-corrected chi connectivity index (χ2v) is 6.20. The molecule has 1 aliphatic carbocycles. The Morgan fingerprint density at radius 2 is 1.75 bits per heavy atom. The van der Waals surface area contributed by atoms with E-state index in [9.17, 15) is 4.79 Å². The van der Waals surface area contributed by atoms with E-state index in [1.54, 1.807) is 0 Å². The van der Waals surface area contributed by atoms with Gasteiger partial charge in [0.05, 0.1) is 6.04 Å². The first kappa shape index (κ1) is 15.0. The molecule has 2 rings (SSSR count). The number of carbonyl (C=O) groups is 1. The summed E-state index contributed by atoms with van der Waals surface area (Å²) in [5.74, 6) is 0.886. The lowest BCUT2D eigenvalue weighted by Crippen LogP contribution is -2.45. The van der Waals surface area contributed by atoms with Crippen molar-refractivity contribution in [1.82, 2.24) is 5.32 Å². The maximum Gasteiger partial charge on any atom is 0.241 e. The van der Waals surface area contributed by atoms with Gasteiger partial charge in [-0.05, 0) is 57.6 Å². The highest BCUT2D eigenvalue weighted by molar-refractivity contribution is 5.94. The average molecular weight is 274 g/mol. The second-order valence-electron chi connectivity index (χ2n) is 6.20. The molecule has 3 heteroatoms. The Labute approximate surface area is 122 Å². The summed E-state index contributed by atoms with van der Waals surface area (Å²) >= 11 is 0. The molecule has 1 aromatic carbocycles. The molecule has 1 amide bonds. The number of aryl methyl sites for hydroxylation is 1. The maximum absolute atomic E-state index is 12.2. The van der Waals surface area contributed by atoms with E-state index in [-0.39, 0.29) is 11.9 Å². The molecule has 3 nitrogen and oxygen atoms in total. The van der Waals surface area contributed by atoms with Crippen molar-refractivity contribution in [2.24, 2.45) is 5.92 Å². The van der Waals surface area contributed by atoms with E-state index in [1.807, 2.05) is 38.1 Å². The van der Waals surface area contributed by atoms with Crippen LogP contribution in [0, 0.1) is 12.8 Å². The van der Waals surface area contributed by atoms with Crippen molar-refractivity contribution >= 4 is 11.6 Å². The summed E-state index contributed by atoms with van der Waals surface area (Å²) in [5.41, 5.74) is 2.07. The van der Waals surface area contributed by atoms with Crippen LogP contribution in [0.25, 0.3) is 0 Å². The van der Waals surface area contributed by atoms with Gasteiger partial charge >= 0.3 is 0 Å². The highest BCUT2D eigenvalue weighted by atomic mass is 16.2. The standard InChI is InChI=1S/C17H26N2O/c1-12-4-8-15(9-5-12)18-14(3)17(20)19-16-10-6-13(2)7-11-16/h6-7,10-12,14-15,18H,4-5,8-9H2,1-3H3,(H,19,20). The molecular weight excluding hydrogens is 248 g/mol. The Morgan fingerprint density at radius 1 is 1.15 bits per heavy atom. The molecule has 0 saturated heterocycles. The lowest BCUT2D eigenvalue weighted by atomic mass is 9.87. The molecule has 0 aromatic heterocycles. The molecule has 0 heterocycles. The van der Waals surface area contributed by atoms with Crippen molar-refractivity contribution in [3.8, 4) is 0 Å². The van der Waals surface area contributed by atoms with Crippen molar-refractivity contribution in [2.45, 2.75) is 58.5 Å². The summed E-state index contributed by atoms with van der Waals surface area (Å²) in [4.78, 5) is 12.2. The minimum atomic E-state index is -0.144. The number of hydrogen-bond donors (Lipinski definition) is 2. The molecule has 20 heavy (non-hydrogen) atoms. The normalized spacial score (nSPS) is 24.1. The van der Waals surface area contributed by atoms with Gasteiger partial charge in [0, 0.05) is 11.7 Å². The zero-order valence-corrected chi connectivity index (χ0v) is 12.8. The number of rotatable bonds is 4. The first-order valence-electron chi connectivity index (χ1n) is 7.68. The number of carbonyl (C=O) groups excluding carboxylic acids is 1. The molecule has 1 aromatic rings. The van der Waals surface area contributed by atoms with Crippen LogP contribution in [-0.2, 0) is 4.79 Å². The molecule has 0 aliphatic heterocycles. The van der Waals surface area contributed by atoms with Crippen LogP contribution in [0.3, 0.4) is 0 Å². The van der Waals surface area contributed by atoms with Gasteiger partial charge in [-0.25, -0.2) is 0 Å². The largest absolute Gasteiger partial charge is 0.325 e. The first-order valence-corrected chi connectivity index (χ1v) is 7.68. The molecule has 1 fully saturated rings. The van der Waals surface area contributed by atoms with Crippen LogP contribution in [0.1, 0.15) is 45.1 Å². The Balaban J connectivity index is 1.81. The van der Waals surface area contributed by atoms with Gasteiger partial charge < -0.3 is 10.6 Å². The van der Waals surface area contributed by atoms with Gasteiger partial charge in [-0.1, -0.05) is 24.6 Å². The predicted octanol–water partition coefficient (Wildman–Crippen LogP) is 3.49. The summed E-state index contributed by atoms with van der Waals surface area (Å²) in [5, 5.41) is 6.42. The molecule has 0 bridgehead atoms. The van der Waals surface area contributed by atoms with E-state index in [4.69, 9.17) is 0 Å². The molecule has 1 aliphatic rings. The van der Waals surface area contributed by atoms with Crippen molar-refractivity contribution in [3.63, 3.8) is 0 Å². The third-order valence-electron chi connectivity index (χ3n) is 4.21. The second kappa shape index (κ2) is 6.89.